The van der Waals surface area contributed by atoms with Crippen LogP contribution in [0.15, 0.2) is 36.4 Å². The summed E-state index contributed by atoms with van der Waals surface area (Å²) >= 11 is 5.96. The average molecular weight is 276 g/mol. The Bertz CT molecular complexity index is 638. The molecule has 0 saturated carbocycles. The molecule has 98 valence electrons. The number of aryl methyl sites for hydroxylation is 2. The van der Waals surface area contributed by atoms with E-state index in [1.807, 2.05) is 31.2 Å². The topological polar surface area (TPSA) is 49.3 Å². The van der Waals surface area contributed by atoms with Crippen molar-refractivity contribution in [2.45, 2.75) is 13.8 Å². The predicted octanol–water partition coefficient (Wildman–Crippen LogP) is 4.40. The highest BCUT2D eigenvalue weighted by Gasteiger charge is 2.07. The minimum atomic E-state index is -0.914. The second-order valence-corrected chi connectivity index (χ2v) is 4.86. The lowest BCUT2D eigenvalue weighted by atomic mass is 10.1. The molecule has 0 aliphatic rings. The molecule has 19 heavy (non-hydrogen) atoms. The maximum absolute atomic E-state index is 11.0. The van der Waals surface area contributed by atoms with Crippen molar-refractivity contribution < 1.29 is 9.90 Å². The van der Waals surface area contributed by atoms with Crippen molar-refractivity contribution in [1.29, 1.82) is 0 Å². The summed E-state index contributed by atoms with van der Waals surface area (Å²) in [7, 11) is 0. The highest BCUT2D eigenvalue weighted by atomic mass is 35.5. The van der Waals surface area contributed by atoms with Crippen molar-refractivity contribution in [3.63, 3.8) is 0 Å². The van der Waals surface area contributed by atoms with E-state index >= 15 is 0 Å². The minimum absolute atomic E-state index is 0.313. The number of carboxylic acid groups (broad SMARTS) is 1. The van der Waals surface area contributed by atoms with Gasteiger partial charge >= 0.3 is 5.97 Å². The lowest BCUT2D eigenvalue weighted by Crippen LogP contribution is -2.01. The Morgan fingerprint density at radius 2 is 1.84 bits per heavy atom. The molecule has 3 nitrogen and oxygen atoms in total. The summed E-state index contributed by atoms with van der Waals surface area (Å²) in [6.45, 7) is 3.76. The fourth-order valence-corrected chi connectivity index (χ4v) is 2.04. The minimum Gasteiger partial charge on any atom is -0.478 e. The average Bonchev–Trinajstić information content (AvgIpc) is 2.33. The number of carboxylic acids is 1. The van der Waals surface area contributed by atoms with Crippen molar-refractivity contribution >= 4 is 28.9 Å². The van der Waals surface area contributed by atoms with Gasteiger partial charge in [0, 0.05) is 16.4 Å². The summed E-state index contributed by atoms with van der Waals surface area (Å²) in [6, 6.07) is 10.8. The van der Waals surface area contributed by atoms with Crippen LogP contribution >= 0.6 is 11.6 Å². The van der Waals surface area contributed by atoms with Crippen LogP contribution in [0.3, 0.4) is 0 Å². The first-order valence-electron chi connectivity index (χ1n) is 5.84. The number of halogens is 1. The fourth-order valence-electron chi connectivity index (χ4n) is 1.87. The van der Waals surface area contributed by atoms with Gasteiger partial charge in [0.15, 0.2) is 0 Å². The van der Waals surface area contributed by atoms with Crippen molar-refractivity contribution in [2.24, 2.45) is 0 Å². The Morgan fingerprint density at radius 1 is 1.11 bits per heavy atom. The number of anilines is 2. The van der Waals surface area contributed by atoms with Gasteiger partial charge in [-0.15, -0.1) is 0 Å². The number of aromatic carboxylic acids is 1. The van der Waals surface area contributed by atoms with E-state index in [1.54, 1.807) is 19.1 Å². The van der Waals surface area contributed by atoms with Crippen LogP contribution in [0.4, 0.5) is 11.4 Å². The van der Waals surface area contributed by atoms with Crippen LogP contribution in [0, 0.1) is 13.8 Å². The van der Waals surface area contributed by atoms with Gasteiger partial charge in [0.05, 0.1) is 5.56 Å². The van der Waals surface area contributed by atoms with E-state index in [0.717, 1.165) is 22.5 Å². The lowest BCUT2D eigenvalue weighted by Gasteiger charge is -2.11. The van der Waals surface area contributed by atoms with Gasteiger partial charge in [0.25, 0.3) is 0 Å². The number of benzene rings is 2. The van der Waals surface area contributed by atoms with Crippen molar-refractivity contribution in [3.05, 3.63) is 58.1 Å². The Morgan fingerprint density at radius 3 is 2.47 bits per heavy atom. The molecule has 0 radical (unpaired) electrons. The van der Waals surface area contributed by atoms with E-state index in [-0.39, 0.29) is 0 Å². The molecule has 0 bridgehead atoms. The third kappa shape index (κ3) is 3.06. The monoisotopic (exact) mass is 275 g/mol. The zero-order valence-electron chi connectivity index (χ0n) is 10.7. The third-order valence-corrected chi connectivity index (χ3v) is 3.17. The fraction of sp³-hybridized carbons (Fsp3) is 0.133. The number of rotatable bonds is 3. The molecule has 0 atom stereocenters. The molecular weight excluding hydrogens is 262 g/mol. The first-order valence-corrected chi connectivity index (χ1v) is 6.22. The summed E-state index contributed by atoms with van der Waals surface area (Å²) in [5.74, 6) is -0.914. The summed E-state index contributed by atoms with van der Waals surface area (Å²) in [5, 5.41) is 12.9. The molecule has 0 heterocycles. The Labute approximate surface area is 116 Å². The first kappa shape index (κ1) is 13.4. The molecule has 4 heteroatoms. The molecule has 2 N–H and O–H groups in total. The summed E-state index contributed by atoms with van der Waals surface area (Å²) in [6.07, 6.45) is 0. The van der Waals surface area contributed by atoms with Gasteiger partial charge in [-0.25, -0.2) is 4.79 Å². The molecule has 0 aromatic heterocycles. The van der Waals surface area contributed by atoms with E-state index in [2.05, 4.69) is 5.32 Å². The Hall–Kier alpha value is -2.00. The molecule has 0 saturated heterocycles. The molecule has 0 fully saturated rings. The molecule has 0 amide bonds. The van der Waals surface area contributed by atoms with Crippen LogP contribution in [-0.4, -0.2) is 11.1 Å². The van der Waals surface area contributed by atoms with Gasteiger partial charge < -0.3 is 10.4 Å². The van der Waals surface area contributed by atoms with Crippen LogP contribution in [0.1, 0.15) is 21.5 Å². The molecule has 2 aromatic rings. The van der Waals surface area contributed by atoms with Crippen LogP contribution in [-0.2, 0) is 0 Å². The van der Waals surface area contributed by atoms with Gasteiger partial charge in [0.1, 0.15) is 0 Å². The van der Waals surface area contributed by atoms with E-state index in [1.165, 1.54) is 0 Å². The van der Waals surface area contributed by atoms with Crippen LogP contribution in [0.5, 0.6) is 0 Å². The molecule has 0 unspecified atom stereocenters. The highest BCUT2D eigenvalue weighted by Crippen LogP contribution is 2.25. The molecular formula is C15H14ClNO2. The van der Waals surface area contributed by atoms with Gasteiger partial charge in [0.2, 0.25) is 0 Å². The molecule has 0 aliphatic carbocycles. The molecule has 0 aliphatic heterocycles. The number of hydrogen-bond acceptors (Lipinski definition) is 2. The zero-order valence-corrected chi connectivity index (χ0v) is 11.5. The van der Waals surface area contributed by atoms with Crippen LogP contribution < -0.4 is 5.32 Å². The largest absolute Gasteiger partial charge is 0.478 e. The number of carbonyl (C=O) groups is 1. The summed E-state index contributed by atoms with van der Waals surface area (Å²) in [4.78, 5) is 11.0. The predicted molar refractivity (Wildman–Crippen MR) is 77.6 cm³/mol. The van der Waals surface area contributed by atoms with Gasteiger partial charge in [-0.1, -0.05) is 17.7 Å². The standard InChI is InChI=1S/C15H14ClNO2/c1-9-3-4-11(16)8-14(9)17-12-5-6-13(15(18)19)10(2)7-12/h3-8,17H,1-2H3,(H,18,19). The summed E-state index contributed by atoms with van der Waals surface area (Å²) in [5.41, 5.74) is 3.86. The first-order chi connectivity index (χ1) is 8.97. The maximum Gasteiger partial charge on any atom is 0.335 e. The SMILES string of the molecule is Cc1ccc(Cl)cc1Nc1ccc(C(=O)O)c(C)c1. The van der Waals surface area contributed by atoms with Gasteiger partial charge in [-0.2, -0.15) is 0 Å². The summed E-state index contributed by atoms with van der Waals surface area (Å²) < 4.78 is 0. The second-order valence-electron chi connectivity index (χ2n) is 4.42. The number of nitrogens with one attached hydrogen (secondary N) is 1. The Balaban J connectivity index is 2.31. The van der Waals surface area contributed by atoms with Gasteiger partial charge in [-0.3, -0.25) is 0 Å². The number of hydrogen-bond donors (Lipinski definition) is 2. The Kier molecular flexibility index (Phi) is 3.76. The third-order valence-electron chi connectivity index (χ3n) is 2.94. The van der Waals surface area contributed by atoms with E-state index in [4.69, 9.17) is 16.7 Å². The maximum atomic E-state index is 11.0. The van der Waals surface area contributed by atoms with Gasteiger partial charge in [-0.05, 0) is 55.3 Å². The second kappa shape index (κ2) is 5.33. The zero-order chi connectivity index (χ0) is 14.0. The highest BCUT2D eigenvalue weighted by molar-refractivity contribution is 6.30. The van der Waals surface area contributed by atoms with E-state index < -0.39 is 5.97 Å². The van der Waals surface area contributed by atoms with E-state index in [0.29, 0.717) is 10.6 Å². The normalized spacial score (nSPS) is 10.3. The van der Waals surface area contributed by atoms with Crippen LogP contribution in [0.2, 0.25) is 5.02 Å². The molecule has 0 spiro atoms. The smallest absolute Gasteiger partial charge is 0.335 e. The molecule has 2 rings (SSSR count). The quantitative estimate of drug-likeness (QED) is 0.873. The van der Waals surface area contributed by atoms with Crippen LogP contribution in [0.25, 0.3) is 0 Å². The van der Waals surface area contributed by atoms with Crippen molar-refractivity contribution in [3.8, 4) is 0 Å². The van der Waals surface area contributed by atoms with Crippen molar-refractivity contribution in [2.75, 3.05) is 5.32 Å². The van der Waals surface area contributed by atoms with Crippen molar-refractivity contribution in [1.82, 2.24) is 0 Å². The lowest BCUT2D eigenvalue weighted by molar-refractivity contribution is 0.0696. The molecule has 2 aromatic carbocycles. The van der Waals surface area contributed by atoms with E-state index in [9.17, 15) is 4.79 Å².